The summed E-state index contributed by atoms with van der Waals surface area (Å²) in [4.78, 5) is 37.0. The minimum absolute atomic E-state index is 0.186. The van der Waals surface area contributed by atoms with Crippen LogP contribution < -0.4 is 0 Å². The van der Waals surface area contributed by atoms with Crippen LogP contribution in [-0.4, -0.2) is 49.9 Å². The van der Waals surface area contributed by atoms with Gasteiger partial charge in [0.25, 0.3) is 0 Å². The first kappa shape index (κ1) is 24.4. The lowest BCUT2D eigenvalue weighted by Gasteiger charge is -2.30. The molecule has 26 heavy (non-hydrogen) atoms. The van der Waals surface area contributed by atoms with E-state index in [1.165, 1.54) is 0 Å². The third kappa shape index (κ3) is 9.75. The van der Waals surface area contributed by atoms with Crippen molar-refractivity contribution in [3.63, 3.8) is 0 Å². The Kier molecular flexibility index (Phi) is 13.6. The smallest absolute Gasteiger partial charge is 0.339 e. The summed E-state index contributed by atoms with van der Waals surface area (Å²) in [6.45, 7) is 8.49. The van der Waals surface area contributed by atoms with E-state index >= 15 is 0 Å². The van der Waals surface area contributed by atoms with Crippen molar-refractivity contribution in [1.82, 2.24) is 0 Å². The number of ether oxygens (including phenoxy) is 4. The van der Waals surface area contributed by atoms with Crippen molar-refractivity contribution in [3.05, 3.63) is 0 Å². The summed E-state index contributed by atoms with van der Waals surface area (Å²) in [6.07, 6.45) is 2.73. The van der Waals surface area contributed by atoms with Crippen molar-refractivity contribution >= 4 is 17.9 Å². The molecule has 0 aliphatic rings. The molecule has 0 heterocycles. The lowest BCUT2D eigenvalue weighted by Crippen LogP contribution is -2.47. The van der Waals surface area contributed by atoms with E-state index in [0.717, 1.165) is 6.42 Å². The quantitative estimate of drug-likeness (QED) is 0.247. The van der Waals surface area contributed by atoms with Gasteiger partial charge >= 0.3 is 17.9 Å². The molecule has 0 N–H and O–H groups in total. The maximum Gasteiger partial charge on any atom is 0.339 e. The molecule has 152 valence electrons. The third-order valence-electron chi connectivity index (χ3n) is 3.48. The molecule has 0 amide bonds. The van der Waals surface area contributed by atoms with E-state index in [0.29, 0.717) is 25.7 Å². The Morgan fingerprint density at radius 2 is 1.12 bits per heavy atom. The van der Waals surface area contributed by atoms with Crippen LogP contribution >= 0.6 is 0 Å². The van der Waals surface area contributed by atoms with E-state index in [1.54, 1.807) is 0 Å². The van der Waals surface area contributed by atoms with Crippen LogP contribution in [0.2, 0.25) is 0 Å². The molecule has 0 aromatic heterocycles. The molecule has 0 aliphatic heterocycles. The Morgan fingerprint density at radius 1 is 0.654 bits per heavy atom. The average Bonchev–Trinajstić information content (AvgIpc) is 2.62. The zero-order chi connectivity index (χ0) is 19.8. The summed E-state index contributed by atoms with van der Waals surface area (Å²) < 4.78 is 21.2. The van der Waals surface area contributed by atoms with E-state index in [9.17, 15) is 14.4 Å². The maximum atomic E-state index is 12.7. The van der Waals surface area contributed by atoms with Gasteiger partial charge in [-0.3, -0.25) is 9.59 Å². The number of unbranched alkanes of at least 4 members (excludes halogenated alkanes) is 1. The van der Waals surface area contributed by atoms with Gasteiger partial charge in [0.05, 0.1) is 32.7 Å². The Hall–Kier alpha value is -1.63. The summed E-state index contributed by atoms with van der Waals surface area (Å²) in [5.74, 6) is -1.92. The monoisotopic (exact) mass is 374 g/mol. The second kappa shape index (κ2) is 14.5. The molecule has 0 bridgehead atoms. The molecule has 0 aliphatic carbocycles. The molecular weight excluding hydrogens is 340 g/mol. The van der Waals surface area contributed by atoms with Gasteiger partial charge in [0.1, 0.15) is 0 Å². The van der Waals surface area contributed by atoms with Gasteiger partial charge in [0, 0.05) is 6.61 Å². The minimum atomic E-state index is -1.71. The molecule has 0 rings (SSSR count). The predicted molar refractivity (Wildman–Crippen MR) is 96.6 cm³/mol. The Labute approximate surface area is 156 Å². The molecule has 0 aromatic rings. The van der Waals surface area contributed by atoms with Crippen LogP contribution in [-0.2, 0) is 33.3 Å². The molecule has 0 unspecified atom stereocenters. The standard InChI is InChI=1S/C19H34O7/c1-5-9-13-26-19(18(22)25-12-8-4,14-16(20)23-10-6-2)15-17(21)24-11-7-3/h5-15H2,1-4H3. The maximum absolute atomic E-state index is 12.7. The third-order valence-corrected chi connectivity index (χ3v) is 3.48. The van der Waals surface area contributed by atoms with Crippen molar-refractivity contribution in [3.8, 4) is 0 Å². The lowest BCUT2D eigenvalue weighted by atomic mass is 9.94. The highest BCUT2D eigenvalue weighted by molar-refractivity contribution is 5.90. The predicted octanol–water partition coefficient (Wildman–Crippen LogP) is 3.18. The van der Waals surface area contributed by atoms with Crippen LogP contribution in [0.25, 0.3) is 0 Å². The highest BCUT2D eigenvalue weighted by atomic mass is 16.6. The van der Waals surface area contributed by atoms with Gasteiger partial charge in [-0.1, -0.05) is 34.1 Å². The number of esters is 3. The van der Waals surface area contributed by atoms with Gasteiger partial charge < -0.3 is 18.9 Å². The van der Waals surface area contributed by atoms with Crippen LogP contribution in [0, 0.1) is 0 Å². The Morgan fingerprint density at radius 3 is 1.54 bits per heavy atom. The highest BCUT2D eigenvalue weighted by Crippen LogP contribution is 2.26. The molecule has 0 saturated carbocycles. The first-order valence-electron chi connectivity index (χ1n) is 9.58. The summed E-state index contributed by atoms with van der Waals surface area (Å²) in [5.41, 5.74) is -1.71. The summed E-state index contributed by atoms with van der Waals surface area (Å²) in [7, 11) is 0. The zero-order valence-corrected chi connectivity index (χ0v) is 16.6. The SMILES string of the molecule is CCCCOC(CC(=O)OCCC)(CC(=O)OCCC)C(=O)OCCC. The molecule has 0 radical (unpaired) electrons. The van der Waals surface area contributed by atoms with Crippen molar-refractivity contribution in [2.45, 2.75) is 78.2 Å². The van der Waals surface area contributed by atoms with E-state index in [4.69, 9.17) is 18.9 Å². The van der Waals surface area contributed by atoms with Gasteiger partial charge in [-0.15, -0.1) is 0 Å². The van der Waals surface area contributed by atoms with Gasteiger partial charge in [-0.25, -0.2) is 4.79 Å². The molecule has 0 spiro atoms. The number of rotatable bonds is 15. The molecule has 7 heteroatoms. The van der Waals surface area contributed by atoms with Crippen LogP contribution in [0.15, 0.2) is 0 Å². The fourth-order valence-electron chi connectivity index (χ4n) is 2.11. The van der Waals surface area contributed by atoms with E-state index in [2.05, 4.69) is 0 Å². The number of carbonyl (C=O) groups is 3. The first-order chi connectivity index (χ1) is 12.5. The van der Waals surface area contributed by atoms with Gasteiger partial charge in [-0.05, 0) is 25.7 Å². The van der Waals surface area contributed by atoms with Crippen molar-refractivity contribution in [2.24, 2.45) is 0 Å². The average molecular weight is 374 g/mol. The van der Waals surface area contributed by atoms with Crippen LogP contribution in [0.5, 0.6) is 0 Å². The molecule has 7 nitrogen and oxygen atoms in total. The van der Waals surface area contributed by atoms with E-state index in [-0.39, 0.29) is 39.3 Å². The molecule has 0 saturated heterocycles. The summed E-state index contributed by atoms with van der Waals surface area (Å²) in [5, 5.41) is 0. The number of carbonyl (C=O) groups excluding carboxylic acids is 3. The Bertz CT molecular complexity index is 398. The topological polar surface area (TPSA) is 88.1 Å². The molecule has 0 fully saturated rings. The normalized spacial score (nSPS) is 11.1. The second-order valence-electron chi connectivity index (χ2n) is 6.13. The van der Waals surface area contributed by atoms with Crippen LogP contribution in [0.1, 0.15) is 72.6 Å². The van der Waals surface area contributed by atoms with Gasteiger partial charge in [-0.2, -0.15) is 0 Å². The Balaban J connectivity index is 5.39. The van der Waals surface area contributed by atoms with Gasteiger partial charge in [0.15, 0.2) is 5.60 Å². The summed E-state index contributed by atoms with van der Waals surface area (Å²) in [6, 6.07) is 0. The van der Waals surface area contributed by atoms with E-state index < -0.39 is 23.5 Å². The zero-order valence-electron chi connectivity index (χ0n) is 16.6. The summed E-state index contributed by atoms with van der Waals surface area (Å²) >= 11 is 0. The lowest BCUT2D eigenvalue weighted by molar-refractivity contribution is -0.186. The van der Waals surface area contributed by atoms with Crippen molar-refractivity contribution in [1.29, 1.82) is 0 Å². The van der Waals surface area contributed by atoms with Crippen LogP contribution in [0.3, 0.4) is 0 Å². The molecule has 0 atom stereocenters. The highest BCUT2D eigenvalue weighted by Gasteiger charge is 2.46. The minimum Gasteiger partial charge on any atom is -0.466 e. The van der Waals surface area contributed by atoms with E-state index in [1.807, 2.05) is 27.7 Å². The second-order valence-corrected chi connectivity index (χ2v) is 6.13. The van der Waals surface area contributed by atoms with Gasteiger partial charge in [0.2, 0.25) is 0 Å². The number of hydrogen-bond donors (Lipinski definition) is 0. The number of hydrogen-bond acceptors (Lipinski definition) is 7. The molecule has 0 aromatic carbocycles. The largest absolute Gasteiger partial charge is 0.466 e. The fraction of sp³-hybridized carbons (Fsp3) is 0.842. The van der Waals surface area contributed by atoms with Crippen molar-refractivity contribution < 1.29 is 33.3 Å². The molecular formula is C19H34O7. The van der Waals surface area contributed by atoms with Crippen LogP contribution in [0.4, 0.5) is 0 Å². The van der Waals surface area contributed by atoms with Crippen molar-refractivity contribution in [2.75, 3.05) is 26.4 Å². The first-order valence-corrected chi connectivity index (χ1v) is 9.58. The fourth-order valence-corrected chi connectivity index (χ4v) is 2.11.